The summed E-state index contributed by atoms with van der Waals surface area (Å²) in [4.78, 5) is 12.2. The average molecular weight is 399 g/mol. The molecule has 0 radical (unpaired) electrons. The first-order chi connectivity index (χ1) is 12.2. The normalized spacial score (nSPS) is 10.2. The predicted octanol–water partition coefficient (Wildman–Crippen LogP) is 4.24. The van der Waals surface area contributed by atoms with Crippen LogP contribution in [0.5, 0.6) is 5.75 Å². The smallest absolute Gasteiger partial charge is 0.276 e. The Morgan fingerprint density at radius 1 is 1.04 bits per heavy atom. The first-order valence-corrected chi connectivity index (χ1v) is 8.26. The van der Waals surface area contributed by atoms with Gasteiger partial charge in [0.2, 0.25) is 0 Å². The van der Waals surface area contributed by atoms with E-state index < -0.39 is 0 Å². The second-order valence-corrected chi connectivity index (χ2v) is 5.95. The van der Waals surface area contributed by atoms with Gasteiger partial charge in [0.25, 0.3) is 5.91 Å². The van der Waals surface area contributed by atoms with E-state index in [0.29, 0.717) is 11.5 Å². The van der Waals surface area contributed by atoms with Crippen molar-refractivity contribution in [3.05, 3.63) is 70.8 Å². The van der Waals surface area contributed by atoms with E-state index in [1.807, 2.05) is 42.5 Å². The maximum absolute atomic E-state index is 12.2. The molecular formula is C18H15BrN4O2. The third-order valence-electron chi connectivity index (χ3n) is 3.36. The van der Waals surface area contributed by atoms with Gasteiger partial charge >= 0.3 is 0 Å². The Hall–Kier alpha value is -2.93. The fourth-order valence-corrected chi connectivity index (χ4v) is 2.50. The van der Waals surface area contributed by atoms with Crippen molar-refractivity contribution in [2.75, 3.05) is 17.7 Å². The van der Waals surface area contributed by atoms with Gasteiger partial charge in [0.15, 0.2) is 11.5 Å². The molecule has 0 atom stereocenters. The van der Waals surface area contributed by atoms with Crippen LogP contribution in [0.1, 0.15) is 10.5 Å². The Balaban J connectivity index is 1.69. The number of nitrogens with zero attached hydrogens (tertiary/aromatic N) is 2. The molecule has 6 nitrogen and oxygen atoms in total. The molecule has 0 spiro atoms. The average Bonchev–Trinajstić information content (AvgIpc) is 2.64. The van der Waals surface area contributed by atoms with Gasteiger partial charge in [-0.3, -0.25) is 4.79 Å². The van der Waals surface area contributed by atoms with E-state index in [4.69, 9.17) is 4.74 Å². The fourth-order valence-electron chi connectivity index (χ4n) is 2.12. The molecule has 2 aromatic carbocycles. The van der Waals surface area contributed by atoms with Gasteiger partial charge in [0.1, 0.15) is 5.75 Å². The first kappa shape index (κ1) is 16.9. The monoisotopic (exact) mass is 398 g/mol. The van der Waals surface area contributed by atoms with Crippen LogP contribution in [0.3, 0.4) is 0 Å². The Morgan fingerprint density at radius 3 is 2.60 bits per heavy atom. The molecule has 1 amide bonds. The molecule has 0 bridgehead atoms. The van der Waals surface area contributed by atoms with Crippen molar-refractivity contribution in [1.82, 2.24) is 10.2 Å². The summed E-state index contributed by atoms with van der Waals surface area (Å²) in [7, 11) is 1.61. The highest BCUT2D eigenvalue weighted by Gasteiger charge is 2.10. The lowest BCUT2D eigenvalue weighted by Gasteiger charge is -2.08. The summed E-state index contributed by atoms with van der Waals surface area (Å²) >= 11 is 3.39. The number of amides is 1. The number of anilines is 3. The third-order valence-corrected chi connectivity index (χ3v) is 4.05. The number of halogens is 1. The van der Waals surface area contributed by atoms with Crippen LogP contribution in [0.4, 0.5) is 17.2 Å². The van der Waals surface area contributed by atoms with Gasteiger partial charge in [-0.1, -0.05) is 18.2 Å². The number of para-hydroxylation sites is 1. The quantitative estimate of drug-likeness (QED) is 0.671. The minimum atomic E-state index is -0.327. The number of hydrogen-bond acceptors (Lipinski definition) is 5. The van der Waals surface area contributed by atoms with E-state index in [2.05, 4.69) is 36.8 Å². The number of carbonyl (C=O) groups excluding carboxylic acids is 1. The molecule has 1 aromatic heterocycles. The molecule has 0 aliphatic carbocycles. The van der Waals surface area contributed by atoms with Gasteiger partial charge in [-0.05, 0) is 52.3 Å². The Morgan fingerprint density at radius 2 is 1.88 bits per heavy atom. The summed E-state index contributed by atoms with van der Waals surface area (Å²) in [5, 5.41) is 13.9. The standard InChI is InChI=1S/C18H15BrN4O2/c1-25-13-6-4-5-12(11-13)20-17-10-9-16(22-23-17)18(24)21-15-8-3-2-7-14(15)19/h2-11H,1H3,(H,20,23)(H,21,24). The molecule has 0 unspecified atom stereocenters. The zero-order chi connectivity index (χ0) is 17.6. The van der Waals surface area contributed by atoms with Crippen molar-refractivity contribution >= 4 is 39.0 Å². The molecule has 0 fully saturated rings. The molecular weight excluding hydrogens is 384 g/mol. The van der Waals surface area contributed by atoms with Crippen LogP contribution >= 0.6 is 15.9 Å². The van der Waals surface area contributed by atoms with E-state index in [0.717, 1.165) is 15.9 Å². The van der Waals surface area contributed by atoms with E-state index >= 15 is 0 Å². The van der Waals surface area contributed by atoms with Crippen LogP contribution in [-0.4, -0.2) is 23.2 Å². The summed E-state index contributed by atoms with van der Waals surface area (Å²) in [6.45, 7) is 0. The van der Waals surface area contributed by atoms with Crippen molar-refractivity contribution in [2.45, 2.75) is 0 Å². The molecule has 0 aliphatic rings. The summed E-state index contributed by atoms with van der Waals surface area (Å²) < 4.78 is 5.98. The van der Waals surface area contributed by atoms with E-state index in [1.54, 1.807) is 25.3 Å². The lowest BCUT2D eigenvalue weighted by Crippen LogP contribution is -2.14. The summed E-state index contributed by atoms with van der Waals surface area (Å²) in [5.74, 6) is 0.945. The maximum atomic E-state index is 12.2. The summed E-state index contributed by atoms with van der Waals surface area (Å²) in [6.07, 6.45) is 0. The lowest BCUT2D eigenvalue weighted by molar-refractivity contribution is 0.102. The van der Waals surface area contributed by atoms with E-state index in [1.165, 1.54) is 0 Å². The number of benzene rings is 2. The van der Waals surface area contributed by atoms with Gasteiger partial charge in [-0.2, -0.15) is 0 Å². The molecule has 0 saturated carbocycles. The zero-order valence-corrected chi connectivity index (χ0v) is 14.9. The fraction of sp³-hybridized carbons (Fsp3) is 0.0556. The van der Waals surface area contributed by atoms with Crippen LogP contribution in [0.25, 0.3) is 0 Å². The third kappa shape index (κ3) is 4.33. The van der Waals surface area contributed by atoms with Crippen LogP contribution in [0, 0.1) is 0 Å². The van der Waals surface area contributed by atoms with Crippen molar-refractivity contribution in [1.29, 1.82) is 0 Å². The molecule has 3 rings (SSSR count). The molecule has 0 aliphatic heterocycles. The SMILES string of the molecule is COc1cccc(Nc2ccc(C(=O)Nc3ccccc3Br)nn2)c1. The second-order valence-electron chi connectivity index (χ2n) is 5.09. The highest BCUT2D eigenvalue weighted by molar-refractivity contribution is 9.10. The lowest BCUT2D eigenvalue weighted by atomic mass is 10.3. The molecule has 126 valence electrons. The van der Waals surface area contributed by atoms with E-state index in [9.17, 15) is 4.79 Å². The minimum absolute atomic E-state index is 0.229. The molecule has 1 heterocycles. The zero-order valence-electron chi connectivity index (χ0n) is 13.4. The van der Waals surface area contributed by atoms with Gasteiger partial charge in [-0.15, -0.1) is 10.2 Å². The number of aromatic nitrogens is 2. The number of hydrogen-bond donors (Lipinski definition) is 2. The van der Waals surface area contributed by atoms with Crippen LogP contribution in [0.2, 0.25) is 0 Å². The number of rotatable bonds is 5. The first-order valence-electron chi connectivity index (χ1n) is 7.46. The number of carbonyl (C=O) groups is 1. The molecule has 25 heavy (non-hydrogen) atoms. The van der Waals surface area contributed by atoms with Gasteiger partial charge in [-0.25, -0.2) is 0 Å². The van der Waals surface area contributed by atoms with Crippen LogP contribution in [-0.2, 0) is 0 Å². The largest absolute Gasteiger partial charge is 0.497 e. The maximum Gasteiger partial charge on any atom is 0.276 e. The highest BCUT2D eigenvalue weighted by atomic mass is 79.9. The molecule has 7 heteroatoms. The Bertz CT molecular complexity index is 884. The molecule has 2 N–H and O–H groups in total. The van der Waals surface area contributed by atoms with E-state index in [-0.39, 0.29) is 11.6 Å². The number of methoxy groups -OCH3 is 1. The van der Waals surface area contributed by atoms with Crippen molar-refractivity contribution in [3.63, 3.8) is 0 Å². The number of nitrogens with one attached hydrogen (secondary N) is 2. The summed E-state index contributed by atoms with van der Waals surface area (Å²) in [6, 6.07) is 18.1. The predicted molar refractivity (Wildman–Crippen MR) is 100 cm³/mol. The van der Waals surface area contributed by atoms with Crippen molar-refractivity contribution < 1.29 is 9.53 Å². The molecule has 0 saturated heterocycles. The van der Waals surface area contributed by atoms with Crippen LogP contribution < -0.4 is 15.4 Å². The summed E-state index contributed by atoms with van der Waals surface area (Å²) in [5.41, 5.74) is 1.72. The van der Waals surface area contributed by atoms with Gasteiger partial charge in [0.05, 0.1) is 12.8 Å². The molecule has 3 aromatic rings. The minimum Gasteiger partial charge on any atom is -0.497 e. The van der Waals surface area contributed by atoms with Crippen LogP contribution in [0.15, 0.2) is 65.1 Å². The Labute approximate surface area is 153 Å². The van der Waals surface area contributed by atoms with Crippen molar-refractivity contribution in [2.24, 2.45) is 0 Å². The topological polar surface area (TPSA) is 76.1 Å². The highest BCUT2D eigenvalue weighted by Crippen LogP contribution is 2.22. The second kappa shape index (κ2) is 7.76. The number of ether oxygens (including phenoxy) is 1. The Kier molecular flexibility index (Phi) is 5.25. The van der Waals surface area contributed by atoms with Crippen molar-refractivity contribution in [3.8, 4) is 5.75 Å². The van der Waals surface area contributed by atoms with Gasteiger partial charge < -0.3 is 15.4 Å². The van der Waals surface area contributed by atoms with Gasteiger partial charge in [0, 0.05) is 16.2 Å².